The topological polar surface area (TPSA) is 75.7 Å². The van der Waals surface area contributed by atoms with Gasteiger partial charge < -0.3 is 10.1 Å². The Balaban J connectivity index is 1.42. The fraction of sp³-hybridized carbons (Fsp3) is 0.148. The Labute approximate surface area is 198 Å². The second-order valence-electron chi connectivity index (χ2n) is 8.28. The molecule has 1 aliphatic rings. The minimum Gasteiger partial charge on any atom is -0.476 e. The first-order valence-electron chi connectivity index (χ1n) is 11.0. The summed E-state index contributed by atoms with van der Waals surface area (Å²) in [6, 6.07) is 27.5. The molecule has 0 aromatic heterocycles. The first kappa shape index (κ1) is 22.0. The Morgan fingerprint density at radius 2 is 1.71 bits per heavy atom. The molecule has 1 atom stereocenters. The number of amides is 1. The third-order valence-corrected chi connectivity index (χ3v) is 7.73. The smallest absolute Gasteiger partial charge is 0.264 e. The molecule has 6 nitrogen and oxygen atoms in total. The van der Waals surface area contributed by atoms with Crippen molar-refractivity contribution in [3.63, 3.8) is 0 Å². The second kappa shape index (κ2) is 8.83. The maximum absolute atomic E-state index is 13.5. The molecule has 0 unspecified atom stereocenters. The van der Waals surface area contributed by atoms with E-state index in [4.69, 9.17) is 4.74 Å². The molecule has 5 rings (SSSR count). The van der Waals surface area contributed by atoms with E-state index in [2.05, 4.69) is 5.32 Å². The number of anilines is 1. The van der Waals surface area contributed by atoms with Crippen molar-refractivity contribution in [2.24, 2.45) is 0 Å². The number of sulfonamides is 1. The van der Waals surface area contributed by atoms with E-state index in [0.29, 0.717) is 18.0 Å². The molecular weight excluding hydrogens is 448 g/mol. The second-order valence-corrected chi connectivity index (χ2v) is 10.1. The van der Waals surface area contributed by atoms with E-state index in [-0.39, 0.29) is 17.3 Å². The molecule has 34 heavy (non-hydrogen) atoms. The van der Waals surface area contributed by atoms with Gasteiger partial charge in [-0.3, -0.25) is 9.10 Å². The number of benzene rings is 4. The van der Waals surface area contributed by atoms with Crippen molar-refractivity contribution in [1.82, 2.24) is 5.32 Å². The third-order valence-electron chi connectivity index (χ3n) is 5.94. The molecule has 0 fully saturated rings. The van der Waals surface area contributed by atoms with Crippen LogP contribution >= 0.6 is 0 Å². The van der Waals surface area contributed by atoms with Crippen LogP contribution in [0.1, 0.15) is 11.1 Å². The molecule has 4 aromatic rings. The molecule has 1 N–H and O–H groups in total. The van der Waals surface area contributed by atoms with Crippen LogP contribution in [0, 0.1) is 6.92 Å². The van der Waals surface area contributed by atoms with Gasteiger partial charge >= 0.3 is 0 Å². The molecule has 1 amide bonds. The SMILES string of the molecule is Cc1ccc2c(c1)N(S(=O)(=O)c1ccccc1)C[C@@H](C(=O)NCc1cccc3ccccc13)O2. The van der Waals surface area contributed by atoms with Crippen molar-refractivity contribution in [1.29, 1.82) is 0 Å². The van der Waals surface area contributed by atoms with Gasteiger partial charge in [0, 0.05) is 6.54 Å². The third kappa shape index (κ3) is 4.10. The average molecular weight is 473 g/mol. The molecule has 7 heteroatoms. The molecule has 0 bridgehead atoms. The van der Waals surface area contributed by atoms with E-state index in [1.165, 1.54) is 4.31 Å². The van der Waals surface area contributed by atoms with Crippen LogP contribution in [0.15, 0.2) is 95.9 Å². The number of nitrogens with one attached hydrogen (secondary N) is 1. The Bertz CT molecular complexity index is 1460. The summed E-state index contributed by atoms with van der Waals surface area (Å²) >= 11 is 0. The van der Waals surface area contributed by atoms with Crippen LogP contribution in [0.3, 0.4) is 0 Å². The van der Waals surface area contributed by atoms with E-state index >= 15 is 0 Å². The summed E-state index contributed by atoms with van der Waals surface area (Å²) in [6.45, 7) is 2.08. The maximum Gasteiger partial charge on any atom is 0.264 e. The number of nitrogens with zero attached hydrogens (tertiary/aromatic N) is 1. The molecule has 0 aliphatic carbocycles. The maximum atomic E-state index is 13.5. The van der Waals surface area contributed by atoms with Crippen molar-refractivity contribution in [2.75, 3.05) is 10.8 Å². The van der Waals surface area contributed by atoms with E-state index in [9.17, 15) is 13.2 Å². The zero-order valence-corrected chi connectivity index (χ0v) is 19.5. The number of carbonyl (C=O) groups is 1. The van der Waals surface area contributed by atoms with Gasteiger partial charge in [-0.2, -0.15) is 0 Å². The zero-order chi connectivity index (χ0) is 23.7. The lowest BCUT2D eigenvalue weighted by Gasteiger charge is -2.35. The summed E-state index contributed by atoms with van der Waals surface area (Å²) in [4.78, 5) is 13.3. The lowest BCUT2D eigenvalue weighted by atomic mass is 10.0. The van der Waals surface area contributed by atoms with Gasteiger partial charge in [0.15, 0.2) is 6.10 Å². The number of aryl methyl sites for hydroxylation is 1. The highest BCUT2D eigenvalue weighted by Gasteiger charge is 2.37. The normalized spacial score (nSPS) is 15.4. The first-order valence-corrected chi connectivity index (χ1v) is 12.5. The molecule has 0 saturated heterocycles. The lowest BCUT2D eigenvalue weighted by Crippen LogP contribution is -2.50. The summed E-state index contributed by atoms with van der Waals surface area (Å²) in [7, 11) is -3.88. The molecular formula is C27H24N2O4S. The van der Waals surface area contributed by atoms with Crippen LogP contribution < -0.4 is 14.4 Å². The standard InChI is InChI=1S/C27H24N2O4S/c1-19-14-15-25-24(16-19)29(34(31,32)22-11-3-2-4-12-22)18-26(33-25)27(30)28-17-21-10-7-9-20-8-5-6-13-23(20)21/h2-16,26H,17-18H2,1H3,(H,28,30)/t26-/m0/s1. The fourth-order valence-electron chi connectivity index (χ4n) is 4.19. The van der Waals surface area contributed by atoms with Crippen molar-refractivity contribution in [2.45, 2.75) is 24.5 Å². The van der Waals surface area contributed by atoms with Gasteiger partial charge in [0.2, 0.25) is 0 Å². The summed E-state index contributed by atoms with van der Waals surface area (Å²) < 4.78 is 34.2. The van der Waals surface area contributed by atoms with E-state index < -0.39 is 16.1 Å². The predicted octanol–water partition coefficient (Wildman–Crippen LogP) is 4.42. The van der Waals surface area contributed by atoms with E-state index in [0.717, 1.165) is 21.9 Å². The molecule has 0 spiro atoms. The van der Waals surface area contributed by atoms with Gasteiger partial charge in [-0.1, -0.05) is 66.7 Å². The minimum atomic E-state index is -3.88. The lowest BCUT2D eigenvalue weighted by molar-refractivity contribution is -0.127. The van der Waals surface area contributed by atoms with Gasteiger partial charge in [0.1, 0.15) is 5.75 Å². The number of hydrogen-bond donors (Lipinski definition) is 1. The van der Waals surface area contributed by atoms with Crippen molar-refractivity contribution < 1.29 is 17.9 Å². The number of hydrogen-bond acceptors (Lipinski definition) is 4. The van der Waals surface area contributed by atoms with Crippen LogP contribution in [0.5, 0.6) is 5.75 Å². The molecule has 1 aliphatic heterocycles. The Kier molecular flexibility index (Phi) is 5.71. The summed E-state index contributed by atoms with van der Waals surface area (Å²) in [5.41, 5.74) is 2.31. The molecule has 1 heterocycles. The fourth-order valence-corrected chi connectivity index (χ4v) is 5.68. The van der Waals surface area contributed by atoms with Crippen LogP contribution in [0.2, 0.25) is 0 Å². The van der Waals surface area contributed by atoms with Gasteiger partial charge in [0.05, 0.1) is 17.1 Å². The summed E-state index contributed by atoms with van der Waals surface area (Å²) in [5, 5.41) is 5.08. The highest BCUT2D eigenvalue weighted by Crippen LogP contribution is 2.37. The highest BCUT2D eigenvalue weighted by atomic mass is 32.2. The van der Waals surface area contributed by atoms with E-state index in [1.54, 1.807) is 42.5 Å². The van der Waals surface area contributed by atoms with Gasteiger partial charge in [0.25, 0.3) is 15.9 Å². The molecule has 0 saturated carbocycles. The zero-order valence-electron chi connectivity index (χ0n) is 18.6. The van der Waals surface area contributed by atoms with Gasteiger partial charge in [-0.05, 0) is 53.1 Å². The molecule has 4 aromatic carbocycles. The van der Waals surface area contributed by atoms with Crippen LogP contribution in [0.4, 0.5) is 5.69 Å². The largest absolute Gasteiger partial charge is 0.476 e. The van der Waals surface area contributed by atoms with Crippen molar-refractivity contribution in [3.8, 4) is 5.75 Å². The molecule has 172 valence electrons. The van der Waals surface area contributed by atoms with Crippen molar-refractivity contribution >= 4 is 32.4 Å². The first-order chi connectivity index (χ1) is 16.4. The van der Waals surface area contributed by atoms with Gasteiger partial charge in [-0.25, -0.2) is 8.42 Å². The monoisotopic (exact) mass is 472 g/mol. The highest BCUT2D eigenvalue weighted by molar-refractivity contribution is 7.92. The van der Waals surface area contributed by atoms with Crippen LogP contribution in [0.25, 0.3) is 10.8 Å². The predicted molar refractivity (Wildman–Crippen MR) is 132 cm³/mol. The number of carbonyl (C=O) groups excluding carboxylic acids is 1. The van der Waals surface area contributed by atoms with Crippen LogP contribution in [-0.4, -0.2) is 27.0 Å². The Morgan fingerprint density at radius 1 is 0.971 bits per heavy atom. The Morgan fingerprint density at radius 3 is 2.53 bits per heavy atom. The van der Waals surface area contributed by atoms with E-state index in [1.807, 2.05) is 55.5 Å². The minimum absolute atomic E-state index is 0.116. The summed E-state index contributed by atoms with van der Waals surface area (Å²) in [5.74, 6) is -0.00547. The van der Waals surface area contributed by atoms with Crippen LogP contribution in [-0.2, 0) is 21.4 Å². The van der Waals surface area contributed by atoms with Crippen molar-refractivity contribution in [3.05, 3.63) is 102 Å². The Hall–Kier alpha value is -3.84. The number of rotatable bonds is 5. The number of ether oxygens (including phenoxy) is 1. The number of fused-ring (bicyclic) bond motifs is 2. The molecule has 0 radical (unpaired) electrons. The summed E-state index contributed by atoms with van der Waals surface area (Å²) in [6.07, 6.45) is -0.983. The van der Waals surface area contributed by atoms with Gasteiger partial charge in [-0.15, -0.1) is 0 Å². The quantitative estimate of drug-likeness (QED) is 0.467. The average Bonchev–Trinajstić information content (AvgIpc) is 2.87.